The summed E-state index contributed by atoms with van der Waals surface area (Å²) < 4.78 is 14.3. The maximum Gasteiger partial charge on any atom is 0.192 e. The molecule has 0 aromatic rings. The molecule has 0 heterocycles. The predicted molar refractivity (Wildman–Crippen MR) is 156 cm³/mol. The molecule has 4 rings (SSSR count). The van der Waals surface area contributed by atoms with Crippen LogP contribution in [0.4, 0.5) is 0 Å². The molecule has 0 aromatic heterocycles. The fraction of sp³-hybridized carbons (Fsp3) is 1.00. The first-order valence-corrected chi connectivity index (χ1v) is 21.1. The van der Waals surface area contributed by atoms with Crippen molar-refractivity contribution in [3.63, 3.8) is 0 Å². The van der Waals surface area contributed by atoms with Crippen LogP contribution < -0.4 is 0 Å². The van der Waals surface area contributed by atoms with E-state index in [9.17, 15) is 0 Å². The van der Waals surface area contributed by atoms with E-state index in [0.717, 1.165) is 23.7 Å². The zero-order chi connectivity index (χ0) is 25.5. The minimum atomic E-state index is -1.54. The Kier molecular flexibility index (Phi) is 8.79. The first kappa shape index (κ1) is 28.4. The summed E-state index contributed by atoms with van der Waals surface area (Å²) in [5.74, 6) is 3.72. The molecule has 0 aromatic carbocycles. The van der Waals surface area contributed by atoms with Crippen molar-refractivity contribution >= 4 is 16.6 Å². The molecule has 4 aliphatic rings. The van der Waals surface area contributed by atoms with Crippen molar-refractivity contribution in [3.05, 3.63) is 0 Å². The Balaban J connectivity index is 1.46. The standard InChI is InChI=1S/C31H60O2Si2/c1-9-34(10-2,11-3)32-25-19-21-30(7)24(23-25)15-16-26-27-17-18-29(31(27,8)22-20-28(26)30)33-35(12-4,13-5)14-6/h24-29H,9-23H2,1-8H3. The van der Waals surface area contributed by atoms with Crippen LogP contribution in [0.25, 0.3) is 0 Å². The second kappa shape index (κ2) is 10.8. The maximum atomic E-state index is 7.25. The average molecular weight is 521 g/mol. The van der Waals surface area contributed by atoms with Crippen LogP contribution in [0.3, 0.4) is 0 Å². The highest BCUT2D eigenvalue weighted by Crippen LogP contribution is 2.67. The molecule has 0 saturated heterocycles. The van der Waals surface area contributed by atoms with Gasteiger partial charge in [0.25, 0.3) is 0 Å². The van der Waals surface area contributed by atoms with Crippen molar-refractivity contribution in [2.24, 2.45) is 34.5 Å². The summed E-state index contributed by atoms with van der Waals surface area (Å²) in [6, 6.07) is 7.78. The largest absolute Gasteiger partial charge is 0.414 e. The Morgan fingerprint density at radius 1 is 0.600 bits per heavy atom. The first-order valence-electron chi connectivity index (χ1n) is 16.0. The molecule has 8 atom stereocenters. The van der Waals surface area contributed by atoms with Crippen LogP contribution in [0.15, 0.2) is 0 Å². The lowest BCUT2D eigenvalue weighted by atomic mass is 9.45. The van der Waals surface area contributed by atoms with Crippen molar-refractivity contribution in [1.29, 1.82) is 0 Å². The average Bonchev–Trinajstić information content (AvgIpc) is 3.21. The third kappa shape index (κ3) is 4.82. The molecule has 2 nitrogen and oxygen atoms in total. The van der Waals surface area contributed by atoms with Gasteiger partial charge in [0.05, 0.1) is 6.10 Å². The second-order valence-corrected chi connectivity index (χ2v) is 23.3. The molecule has 0 aliphatic heterocycles. The van der Waals surface area contributed by atoms with Crippen molar-refractivity contribution in [1.82, 2.24) is 0 Å². The Morgan fingerprint density at radius 2 is 1.14 bits per heavy atom. The lowest BCUT2D eigenvalue weighted by Gasteiger charge is -2.61. The quantitative estimate of drug-likeness (QED) is 0.267. The molecular weight excluding hydrogens is 461 g/mol. The zero-order valence-corrected chi connectivity index (χ0v) is 26.9. The van der Waals surface area contributed by atoms with Crippen LogP contribution in [0, 0.1) is 34.5 Å². The van der Waals surface area contributed by atoms with Crippen molar-refractivity contribution in [2.45, 2.75) is 162 Å². The van der Waals surface area contributed by atoms with E-state index in [4.69, 9.17) is 8.85 Å². The second-order valence-electron chi connectivity index (χ2n) is 13.9. The molecule has 4 saturated carbocycles. The molecule has 4 heteroatoms. The van der Waals surface area contributed by atoms with Crippen LogP contribution in [0.1, 0.15) is 113 Å². The van der Waals surface area contributed by atoms with Crippen LogP contribution in [0.5, 0.6) is 0 Å². The molecule has 0 spiro atoms. The SMILES string of the molecule is CC[Si](CC)(CC)OC1CCC2(C)C(CCC3C2CCC2(C)C(O[Si](CC)(CC)CC)CCC32)C1. The molecule has 0 bridgehead atoms. The lowest BCUT2D eigenvalue weighted by Crippen LogP contribution is -2.56. The van der Waals surface area contributed by atoms with Crippen molar-refractivity contribution < 1.29 is 8.85 Å². The van der Waals surface area contributed by atoms with Gasteiger partial charge in [-0.15, -0.1) is 0 Å². The highest BCUT2D eigenvalue weighted by Gasteiger charge is 2.61. The van der Waals surface area contributed by atoms with Gasteiger partial charge < -0.3 is 8.85 Å². The summed E-state index contributed by atoms with van der Waals surface area (Å²) >= 11 is 0. The highest BCUT2D eigenvalue weighted by atomic mass is 28.4. The molecule has 4 aliphatic carbocycles. The van der Waals surface area contributed by atoms with Gasteiger partial charge in [0.15, 0.2) is 16.6 Å². The molecule has 0 radical (unpaired) electrons. The topological polar surface area (TPSA) is 18.5 Å². The van der Waals surface area contributed by atoms with Gasteiger partial charge in [-0.3, -0.25) is 0 Å². The molecule has 35 heavy (non-hydrogen) atoms. The number of hydrogen-bond acceptors (Lipinski definition) is 2. The van der Waals surface area contributed by atoms with E-state index in [1.807, 2.05) is 0 Å². The van der Waals surface area contributed by atoms with Crippen LogP contribution in [-0.2, 0) is 8.85 Å². The Morgan fingerprint density at radius 3 is 1.74 bits per heavy atom. The van der Waals surface area contributed by atoms with Gasteiger partial charge >= 0.3 is 0 Å². The minimum Gasteiger partial charge on any atom is -0.414 e. The molecule has 0 N–H and O–H groups in total. The summed E-state index contributed by atoms with van der Waals surface area (Å²) in [5, 5.41) is 0. The zero-order valence-electron chi connectivity index (χ0n) is 24.9. The van der Waals surface area contributed by atoms with Crippen LogP contribution in [-0.4, -0.2) is 28.8 Å². The van der Waals surface area contributed by atoms with Gasteiger partial charge in [-0.1, -0.05) is 55.4 Å². The van der Waals surface area contributed by atoms with Crippen LogP contribution in [0.2, 0.25) is 36.3 Å². The van der Waals surface area contributed by atoms with Crippen molar-refractivity contribution in [3.8, 4) is 0 Å². The van der Waals surface area contributed by atoms with Crippen molar-refractivity contribution in [2.75, 3.05) is 0 Å². The summed E-state index contributed by atoms with van der Waals surface area (Å²) in [6.45, 7) is 19.8. The van der Waals surface area contributed by atoms with E-state index in [0.29, 0.717) is 23.0 Å². The molecular formula is C31H60O2Si2. The van der Waals surface area contributed by atoms with Crippen LogP contribution >= 0.6 is 0 Å². The Bertz CT molecular complexity index is 688. The summed E-state index contributed by atoms with van der Waals surface area (Å²) in [6.07, 6.45) is 13.8. The fourth-order valence-electron chi connectivity index (χ4n) is 10.1. The summed E-state index contributed by atoms with van der Waals surface area (Å²) in [5.41, 5.74) is 1.00. The fourth-order valence-corrected chi connectivity index (χ4v) is 16.0. The van der Waals surface area contributed by atoms with Gasteiger partial charge in [0.1, 0.15) is 0 Å². The minimum absolute atomic E-state index is 0.441. The molecule has 4 fully saturated rings. The highest BCUT2D eigenvalue weighted by molar-refractivity contribution is 6.74. The van der Waals surface area contributed by atoms with E-state index in [1.54, 1.807) is 0 Å². The van der Waals surface area contributed by atoms with E-state index in [2.05, 4.69) is 55.4 Å². The van der Waals surface area contributed by atoms with E-state index in [-0.39, 0.29) is 0 Å². The van der Waals surface area contributed by atoms with Gasteiger partial charge in [-0.25, -0.2) is 0 Å². The van der Waals surface area contributed by atoms with E-state index < -0.39 is 16.6 Å². The monoisotopic (exact) mass is 520 g/mol. The smallest absolute Gasteiger partial charge is 0.192 e. The van der Waals surface area contributed by atoms with E-state index >= 15 is 0 Å². The van der Waals surface area contributed by atoms with E-state index in [1.165, 1.54) is 94.1 Å². The summed E-state index contributed by atoms with van der Waals surface area (Å²) in [4.78, 5) is 0. The van der Waals surface area contributed by atoms with Gasteiger partial charge in [-0.05, 0) is 129 Å². The molecule has 204 valence electrons. The Labute approximate surface area is 221 Å². The van der Waals surface area contributed by atoms with Gasteiger partial charge in [0.2, 0.25) is 0 Å². The summed E-state index contributed by atoms with van der Waals surface area (Å²) in [7, 11) is -3.04. The normalized spacial score (nSPS) is 41.8. The third-order valence-electron chi connectivity index (χ3n) is 13.2. The first-order chi connectivity index (χ1) is 16.7. The maximum absolute atomic E-state index is 7.25. The number of fused-ring (bicyclic) bond motifs is 5. The van der Waals surface area contributed by atoms with Gasteiger partial charge in [-0.2, -0.15) is 0 Å². The predicted octanol–water partition coefficient (Wildman–Crippen LogP) is 9.81. The lowest BCUT2D eigenvalue weighted by molar-refractivity contribution is -0.130. The third-order valence-corrected chi connectivity index (χ3v) is 22.6. The van der Waals surface area contributed by atoms with Gasteiger partial charge in [0, 0.05) is 6.10 Å². The number of rotatable bonds is 10. The molecule has 8 unspecified atom stereocenters. The Hall–Kier alpha value is 0.354. The molecule has 0 amide bonds. The number of hydrogen-bond donors (Lipinski definition) is 0.